The first-order valence-electron chi connectivity index (χ1n) is 18.6. The third-order valence-corrected chi connectivity index (χ3v) is 11.6. The number of pyridine rings is 1. The molecule has 11 aromatic rings. The van der Waals surface area contributed by atoms with Crippen LogP contribution in [0.25, 0.3) is 104 Å². The first-order chi connectivity index (χ1) is 27.7. The zero-order chi connectivity index (χ0) is 37.0. The molecule has 0 saturated heterocycles. The molecule has 262 valence electrons. The van der Waals surface area contributed by atoms with Crippen molar-refractivity contribution in [2.24, 2.45) is 0 Å². The van der Waals surface area contributed by atoms with Crippen molar-refractivity contribution in [3.8, 4) is 62.2 Å². The van der Waals surface area contributed by atoms with Crippen LogP contribution in [0.15, 0.2) is 188 Å². The fraction of sp³-hybridized carbons (Fsp3) is 0. The van der Waals surface area contributed by atoms with Crippen LogP contribution in [0.4, 0.5) is 0 Å². The molecule has 56 heavy (non-hydrogen) atoms. The number of nitrogens with zero attached hydrogens (tertiary/aromatic N) is 5. The summed E-state index contributed by atoms with van der Waals surface area (Å²) in [5, 5.41) is 3.64. The van der Waals surface area contributed by atoms with Gasteiger partial charge in [0.1, 0.15) is 0 Å². The van der Waals surface area contributed by atoms with E-state index in [0.717, 1.165) is 66.7 Å². The minimum atomic E-state index is 0.611. The second-order valence-corrected chi connectivity index (χ2v) is 14.9. The molecule has 0 fully saturated rings. The standard InChI is InChI=1S/C50H31N5S/c1-4-14-32(15-5-1)38-23-13-24-40-46-43(28-27-42(51-46)35-26-29-45-41(31-35)39-22-10-11-25-44(39)56-45)55(47(38)40)37-21-12-20-36(30-37)50-53-48(33-16-6-2-7-17-33)52-49(54-50)34-18-8-3-9-19-34/h1-31H. The summed E-state index contributed by atoms with van der Waals surface area (Å²) in [7, 11) is 0. The molecule has 0 unspecified atom stereocenters. The summed E-state index contributed by atoms with van der Waals surface area (Å²) in [5.74, 6) is 1.88. The van der Waals surface area contributed by atoms with E-state index in [0.29, 0.717) is 17.5 Å². The van der Waals surface area contributed by atoms with Crippen LogP contribution in [-0.2, 0) is 0 Å². The Kier molecular flexibility index (Phi) is 7.60. The van der Waals surface area contributed by atoms with Crippen molar-refractivity contribution in [1.29, 1.82) is 0 Å². The van der Waals surface area contributed by atoms with Gasteiger partial charge in [0.15, 0.2) is 17.5 Å². The van der Waals surface area contributed by atoms with E-state index in [1.807, 2.05) is 72.0 Å². The molecular weight excluding hydrogens is 703 g/mol. The topological polar surface area (TPSA) is 56.5 Å². The van der Waals surface area contributed by atoms with E-state index in [1.165, 1.54) is 20.2 Å². The fourth-order valence-corrected chi connectivity index (χ4v) is 8.90. The number of benzene rings is 7. The molecule has 11 rings (SSSR count). The summed E-state index contributed by atoms with van der Waals surface area (Å²) in [6.07, 6.45) is 0. The third kappa shape index (κ3) is 5.46. The Hall–Kier alpha value is -7.28. The molecule has 0 saturated carbocycles. The Bertz CT molecular complexity index is 3190. The van der Waals surface area contributed by atoms with Crippen molar-refractivity contribution in [2.75, 3.05) is 0 Å². The first kappa shape index (κ1) is 32.2. The van der Waals surface area contributed by atoms with E-state index < -0.39 is 0 Å². The fourth-order valence-electron chi connectivity index (χ4n) is 7.81. The van der Waals surface area contributed by atoms with Crippen LogP contribution in [0.3, 0.4) is 0 Å². The number of thiophene rings is 1. The Morgan fingerprint density at radius 3 is 1.70 bits per heavy atom. The van der Waals surface area contributed by atoms with Crippen molar-refractivity contribution < 1.29 is 0 Å². The van der Waals surface area contributed by atoms with Gasteiger partial charge in [-0.1, -0.05) is 146 Å². The Morgan fingerprint density at radius 2 is 0.964 bits per heavy atom. The highest BCUT2D eigenvalue weighted by atomic mass is 32.1. The van der Waals surface area contributed by atoms with Crippen LogP contribution in [0.1, 0.15) is 0 Å². The normalized spacial score (nSPS) is 11.6. The summed E-state index contributed by atoms with van der Waals surface area (Å²) in [6.45, 7) is 0. The molecule has 0 aliphatic carbocycles. The number of hydrogen-bond acceptors (Lipinski definition) is 5. The average Bonchev–Trinajstić information content (AvgIpc) is 3.82. The highest BCUT2D eigenvalue weighted by Crippen LogP contribution is 2.40. The van der Waals surface area contributed by atoms with Crippen molar-refractivity contribution >= 4 is 53.4 Å². The second kappa shape index (κ2) is 13.2. The summed E-state index contributed by atoms with van der Waals surface area (Å²) in [5.41, 5.74) is 11.2. The van der Waals surface area contributed by atoms with E-state index in [1.54, 1.807) is 0 Å². The molecular formula is C50H31N5S. The van der Waals surface area contributed by atoms with E-state index in [-0.39, 0.29) is 0 Å². The summed E-state index contributed by atoms with van der Waals surface area (Å²) in [6, 6.07) is 65.6. The zero-order valence-electron chi connectivity index (χ0n) is 30.0. The van der Waals surface area contributed by atoms with Gasteiger partial charge in [-0.15, -0.1) is 11.3 Å². The predicted octanol–water partition coefficient (Wildman–Crippen LogP) is 13.1. The van der Waals surface area contributed by atoms with Crippen molar-refractivity contribution in [2.45, 2.75) is 0 Å². The van der Waals surface area contributed by atoms with Crippen LogP contribution < -0.4 is 0 Å². The largest absolute Gasteiger partial charge is 0.307 e. The smallest absolute Gasteiger partial charge is 0.164 e. The van der Waals surface area contributed by atoms with Gasteiger partial charge in [0.05, 0.1) is 22.2 Å². The molecule has 0 atom stereocenters. The lowest BCUT2D eigenvalue weighted by molar-refractivity contribution is 1.07. The molecule has 5 nitrogen and oxygen atoms in total. The van der Waals surface area contributed by atoms with Gasteiger partial charge in [-0.2, -0.15) is 0 Å². The highest BCUT2D eigenvalue weighted by molar-refractivity contribution is 7.25. The maximum atomic E-state index is 5.45. The summed E-state index contributed by atoms with van der Waals surface area (Å²) >= 11 is 1.83. The highest BCUT2D eigenvalue weighted by Gasteiger charge is 2.20. The van der Waals surface area contributed by atoms with E-state index >= 15 is 0 Å². The molecule has 4 heterocycles. The van der Waals surface area contributed by atoms with Crippen LogP contribution in [-0.4, -0.2) is 24.5 Å². The van der Waals surface area contributed by atoms with Crippen LogP contribution in [0.2, 0.25) is 0 Å². The van der Waals surface area contributed by atoms with E-state index in [9.17, 15) is 0 Å². The molecule has 0 aliphatic rings. The lowest BCUT2D eigenvalue weighted by Gasteiger charge is -2.13. The van der Waals surface area contributed by atoms with Crippen molar-refractivity contribution in [1.82, 2.24) is 24.5 Å². The molecule has 0 aliphatic heterocycles. The monoisotopic (exact) mass is 733 g/mol. The molecule has 0 spiro atoms. The van der Waals surface area contributed by atoms with Gasteiger partial charge < -0.3 is 4.57 Å². The van der Waals surface area contributed by atoms with Gasteiger partial charge in [0.25, 0.3) is 0 Å². The molecule has 0 N–H and O–H groups in total. The zero-order valence-corrected chi connectivity index (χ0v) is 30.9. The number of rotatable bonds is 6. The molecule has 4 aromatic heterocycles. The minimum Gasteiger partial charge on any atom is -0.307 e. The molecule has 0 amide bonds. The molecule has 0 bridgehead atoms. The molecule has 6 heteroatoms. The maximum Gasteiger partial charge on any atom is 0.164 e. The third-order valence-electron chi connectivity index (χ3n) is 10.4. The van der Waals surface area contributed by atoms with Crippen molar-refractivity contribution in [3.63, 3.8) is 0 Å². The SMILES string of the molecule is c1ccc(-c2nc(-c3ccccc3)nc(-c3cccc(-n4c5ccc(-c6ccc7sc8ccccc8c7c6)nc5c5cccc(-c6ccccc6)c54)c3)n2)cc1. The van der Waals surface area contributed by atoms with Crippen LogP contribution >= 0.6 is 11.3 Å². The van der Waals surface area contributed by atoms with Gasteiger partial charge in [-0.25, -0.2) is 19.9 Å². The van der Waals surface area contributed by atoms with Crippen LogP contribution in [0, 0.1) is 0 Å². The molecule has 0 radical (unpaired) electrons. The number of aromatic nitrogens is 5. The summed E-state index contributed by atoms with van der Waals surface area (Å²) < 4.78 is 4.93. The van der Waals surface area contributed by atoms with Gasteiger partial charge in [0.2, 0.25) is 0 Å². The second-order valence-electron chi connectivity index (χ2n) is 13.9. The Labute approximate surface area is 326 Å². The van der Waals surface area contributed by atoms with Gasteiger partial charge in [-0.3, -0.25) is 0 Å². The quantitative estimate of drug-likeness (QED) is 0.171. The van der Waals surface area contributed by atoms with Crippen molar-refractivity contribution in [3.05, 3.63) is 188 Å². The van der Waals surface area contributed by atoms with Gasteiger partial charge in [-0.05, 0) is 48.0 Å². The van der Waals surface area contributed by atoms with E-state index in [4.69, 9.17) is 19.9 Å². The number of hydrogen-bond donors (Lipinski definition) is 0. The first-order valence-corrected chi connectivity index (χ1v) is 19.5. The minimum absolute atomic E-state index is 0.611. The van der Waals surface area contributed by atoms with Crippen LogP contribution in [0.5, 0.6) is 0 Å². The predicted molar refractivity (Wildman–Crippen MR) is 232 cm³/mol. The Morgan fingerprint density at radius 1 is 0.375 bits per heavy atom. The molecule has 7 aromatic carbocycles. The average molecular weight is 734 g/mol. The summed E-state index contributed by atoms with van der Waals surface area (Å²) in [4.78, 5) is 20.5. The van der Waals surface area contributed by atoms with Gasteiger partial charge >= 0.3 is 0 Å². The number of fused-ring (bicyclic) bond motifs is 6. The number of para-hydroxylation sites is 1. The van der Waals surface area contributed by atoms with Gasteiger partial charge in [0, 0.05) is 59.1 Å². The van der Waals surface area contributed by atoms with E-state index in [2.05, 4.69) is 132 Å². The lowest BCUT2D eigenvalue weighted by Crippen LogP contribution is -2.01. The Balaban J connectivity index is 1.12. The lowest BCUT2D eigenvalue weighted by atomic mass is 10.0. The maximum absolute atomic E-state index is 5.45.